The van der Waals surface area contributed by atoms with Gasteiger partial charge in [-0.3, -0.25) is 4.79 Å². The minimum Gasteiger partial charge on any atom is -0.377 e. The Morgan fingerprint density at radius 3 is 2.38 bits per heavy atom. The van der Waals surface area contributed by atoms with Gasteiger partial charge in [-0.1, -0.05) is 31.8 Å². The maximum Gasteiger partial charge on any atom is 0.163 e. The SMILES string of the molecule is CN(C)c1cccc2c([Si](C)(C)C)c3c(cc12)CCC3=O. The number of fused-ring (bicyclic) bond motifs is 2. The lowest BCUT2D eigenvalue weighted by Crippen LogP contribution is -2.41. The van der Waals surface area contributed by atoms with Crippen molar-refractivity contribution in [2.75, 3.05) is 19.0 Å². The summed E-state index contributed by atoms with van der Waals surface area (Å²) in [7, 11) is 2.58. The summed E-state index contributed by atoms with van der Waals surface area (Å²) in [6.07, 6.45) is 1.59. The Hall–Kier alpha value is -1.61. The number of benzene rings is 2. The van der Waals surface area contributed by atoms with Crippen LogP contribution in [0.3, 0.4) is 0 Å². The van der Waals surface area contributed by atoms with Crippen molar-refractivity contribution < 1.29 is 4.79 Å². The van der Waals surface area contributed by atoms with Crippen molar-refractivity contribution in [3.63, 3.8) is 0 Å². The summed E-state index contributed by atoms with van der Waals surface area (Å²) in [6, 6.07) is 8.74. The molecule has 0 heterocycles. The van der Waals surface area contributed by atoms with Gasteiger partial charge in [0.25, 0.3) is 0 Å². The fourth-order valence-electron chi connectivity index (χ4n) is 3.52. The Morgan fingerprint density at radius 1 is 1.05 bits per heavy atom. The molecule has 1 aliphatic rings. The highest BCUT2D eigenvalue weighted by molar-refractivity contribution is 6.91. The summed E-state index contributed by atoms with van der Waals surface area (Å²) < 4.78 is 0. The Kier molecular flexibility index (Phi) is 3.21. The van der Waals surface area contributed by atoms with Crippen LogP contribution in [-0.4, -0.2) is 28.0 Å². The van der Waals surface area contributed by atoms with Crippen molar-refractivity contribution >= 4 is 35.5 Å². The van der Waals surface area contributed by atoms with Gasteiger partial charge in [-0.05, 0) is 34.7 Å². The molecule has 0 N–H and O–H groups in total. The molecule has 0 spiro atoms. The fraction of sp³-hybridized carbons (Fsp3) is 0.389. The largest absolute Gasteiger partial charge is 0.377 e. The molecular weight excluding hydrogens is 274 g/mol. The lowest BCUT2D eigenvalue weighted by Gasteiger charge is -2.25. The van der Waals surface area contributed by atoms with E-state index in [2.05, 4.69) is 62.9 Å². The number of ketones is 1. The van der Waals surface area contributed by atoms with E-state index in [1.807, 2.05) is 0 Å². The van der Waals surface area contributed by atoms with E-state index in [4.69, 9.17) is 0 Å². The van der Waals surface area contributed by atoms with Gasteiger partial charge < -0.3 is 4.90 Å². The topological polar surface area (TPSA) is 20.3 Å². The second-order valence-corrected chi connectivity index (χ2v) is 12.2. The van der Waals surface area contributed by atoms with E-state index in [1.54, 1.807) is 0 Å². The van der Waals surface area contributed by atoms with E-state index in [0.717, 1.165) is 12.0 Å². The molecule has 0 fully saturated rings. The van der Waals surface area contributed by atoms with Gasteiger partial charge in [0, 0.05) is 37.2 Å². The highest BCUT2D eigenvalue weighted by atomic mass is 28.3. The number of aryl methyl sites for hydroxylation is 1. The van der Waals surface area contributed by atoms with Crippen LogP contribution in [-0.2, 0) is 6.42 Å². The number of carbonyl (C=O) groups is 1. The third-order valence-corrected chi connectivity index (χ3v) is 6.39. The monoisotopic (exact) mass is 297 g/mol. The molecule has 0 radical (unpaired) electrons. The summed E-state index contributed by atoms with van der Waals surface area (Å²) in [5.41, 5.74) is 3.56. The van der Waals surface area contributed by atoms with Gasteiger partial charge >= 0.3 is 0 Å². The molecule has 1 aliphatic carbocycles. The Bertz CT molecular complexity index is 741. The van der Waals surface area contributed by atoms with Crippen LogP contribution in [0.5, 0.6) is 0 Å². The summed E-state index contributed by atoms with van der Waals surface area (Å²) in [6.45, 7) is 7.03. The smallest absolute Gasteiger partial charge is 0.163 e. The van der Waals surface area contributed by atoms with Crippen molar-refractivity contribution in [3.05, 3.63) is 35.4 Å². The van der Waals surface area contributed by atoms with E-state index in [-0.39, 0.29) is 0 Å². The first-order chi connectivity index (χ1) is 9.80. The standard InChI is InChI=1S/C18H23NOSi/c1-19(2)15-8-6-7-13-14(15)11-12-9-10-16(20)17(12)18(13)21(3,4)5/h6-8,11H,9-10H2,1-5H3. The van der Waals surface area contributed by atoms with Crippen LogP contribution < -0.4 is 10.1 Å². The summed E-state index contributed by atoms with van der Waals surface area (Å²) in [4.78, 5) is 14.6. The summed E-state index contributed by atoms with van der Waals surface area (Å²) in [5, 5.41) is 3.95. The molecule has 0 bridgehead atoms. The minimum absolute atomic E-state index is 0.347. The van der Waals surface area contributed by atoms with Crippen LogP contribution >= 0.6 is 0 Å². The van der Waals surface area contributed by atoms with Crippen LogP contribution in [0.15, 0.2) is 24.3 Å². The predicted octanol–water partition coefficient (Wildman–Crippen LogP) is 3.58. The van der Waals surface area contributed by atoms with E-state index < -0.39 is 8.07 Å². The average molecular weight is 297 g/mol. The highest BCUT2D eigenvalue weighted by Crippen LogP contribution is 2.33. The van der Waals surface area contributed by atoms with E-state index in [1.165, 1.54) is 27.2 Å². The summed E-state index contributed by atoms with van der Waals surface area (Å²) >= 11 is 0. The number of hydrogen-bond donors (Lipinski definition) is 0. The van der Waals surface area contributed by atoms with Crippen molar-refractivity contribution in [1.82, 2.24) is 0 Å². The van der Waals surface area contributed by atoms with Gasteiger partial charge in [-0.25, -0.2) is 0 Å². The first-order valence-corrected chi connectivity index (χ1v) is 11.1. The molecule has 0 aliphatic heterocycles. The molecule has 3 heteroatoms. The minimum atomic E-state index is -1.59. The van der Waals surface area contributed by atoms with E-state index in [0.29, 0.717) is 12.2 Å². The van der Waals surface area contributed by atoms with Crippen molar-refractivity contribution in [2.45, 2.75) is 32.5 Å². The van der Waals surface area contributed by atoms with E-state index in [9.17, 15) is 4.79 Å². The van der Waals surface area contributed by atoms with Crippen LogP contribution in [0.4, 0.5) is 5.69 Å². The number of carbonyl (C=O) groups excluding carboxylic acids is 1. The zero-order chi connectivity index (χ0) is 15.4. The fourth-order valence-corrected chi connectivity index (χ4v) is 5.60. The zero-order valence-electron chi connectivity index (χ0n) is 13.6. The Morgan fingerprint density at radius 2 is 1.76 bits per heavy atom. The zero-order valence-corrected chi connectivity index (χ0v) is 14.6. The molecule has 0 aromatic heterocycles. The van der Waals surface area contributed by atoms with Crippen molar-refractivity contribution in [3.8, 4) is 0 Å². The molecule has 2 nitrogen and oxygen atoms in total. The first-order valence-electron chi connectivity index (χ1n) is 7.60. The molecule has 3 rings (SSSR count). The van der Waals surface area contributed by atoms with Crippen molar-refractivity contribution in [2.24, 2.45) is 0 Å². The lowest BCUT2D eigenvalue weighted by atomic mass is 10.0. The number of anilines is 1. The molecule has 0 atom stereocenters. The third-order valence-electron chi connectivity index (χ3n) is 4.37. The van der Waals surface area contributed by atoms with Gasteiger partial charge in [0.1, 0.15) is 0 Å². The normalized spacial score (nSPS) is 14.6. The predicted molar refractivity (Wildman–Crippen MR) is 93.9 cm³/mol. The summed E-state index contributed by atoms with van der Waals surface area (Å²) in [5.74, 6) is 0.347. The molecule has 2 aromatic carbocycles. The van der Waals surface area contributed by atoms with Gasteiger partial charge in [-0.15, -0.1) is 0 Å². The molecular formula is C18H23NOSi. The number of Topliss-reactive ketones (excluding diaryl/α,β-unsaturated/α-hetero) is 1. The second-order valence-electron chi connectivity index (χ2n) is 7.23. The molecule has 0 saturated heterocycles. The molecule has 110 valence electrons. The van der Waals surface area contributed by atoms with Gasteiger partial charge in [0.05, 0.1) is 8.07 Å². The third kappa shape index (κ3) is 2.20. The maximum atomic E-state index is 12.4. The Balaban J connectivity index is 2.48. The van der Waals surface area contributed by atoms with E-state index >= 15 is 0 Å². The Labute approximate surface area is 127 Å². The van der Waals surface area contributed by atoms with Gasteiger partial charge in [0.15, 0.2) is 5.78 Å². The molecule has 0 amide bonds. The average Bonchev–Trinajstić information content (AvgIpc) is 2.75. The lowest BCUT2D eigenvalue weighted by molar-refractivity contribution is 0.0995. The van der Waals surface area contributed by atoms with Gasteiger partial charge in [0.2, 0.25) is 0 Å². The first kappa shape index (κ1) is 14.3. The van der Waals surface area contributed by atoms with Crippen LogP contribution in [0, 0.1) is 0 Å². The van der Waals surface area contributed by atoms with Crippen LogP contribution in [0.25, 0.3) is 10.8 Å². The number of rotatable bonds is 2. The molecule has 21 heavy (non-hydrogen) atoms. The maximum absolute atomic E-state index is 12.4. The quantitative estimate of drug-likeness (QED) is 0.790. The second kappa shape index (κ2) is 4.70. The molecule has 2 aromatic rings. The van der Waals surface area contributed by atoms with Crippen molar-refractivity contribution in [1.29, 1.82) is 0 Å². The van der Waals surface area contributed by atoms with Crippen LogP contribution in [0.2, 0.25) is 19.6 Å². The van der Waals surface area contributed by atoms with Crippen LogP contribution in [0.1, 0.15) is 22.3 Å². The highest BCUT2D eigenvalue weighted by Gasteiger charge is 2.31. The molecule has 0 unspecified atom stereocenters. The number of hydrogen-bond acceptors (Lipinski definition) is 2. The van der Waals surface area contributed by atoms with Gasteiger partial charge in [-0.2, -0.15) is 0 Å². The number of nitrogens with zero attached hydrogens (tertiary/aromatic N) is 1. The molecule has 0 saturated carbocycles.